The fourth-order valence-corrected chi connectivity index (χ4v) is 2.77. The maximum Gasteiger partial charge on any atom is 0.331 e. The molecule has 4 amide bonds. The molecule has 2 aromatic rings. The number of hydrogen-bond acceptors (Lipinski definition) is 6. The first kappa shape index (κ1) is 19.9. The van der Waals surface area contributed by atoms with Gasteiger partial charge in [-0.05, 0) is 41.5 Å². The number of methoxy groups -OCH3 is 2. The zero-order valence-electron chi connectivity index (χ0n) is 15.6. The Morgan fingerprint density at radius 3 is 2.21 bits per heavy atom. The third-order valence-corrected chi connectivity index (χ3v) is 4.25. The highest BCUT2D eigenvalue weighted by atomic mass is 19.1. The van der Waals surface area contributed by atoms with Gasteiger partial charge in [-0.3, -0.25) is 19.8 Å². The van der Waals surface area contributed by atoms with Gasteiger partial charge in [0.2, 0.25) is 5.75 Å². The lowest BCUT2D eigenvalue weighted by atomic mass is 10.1. The Morgan fingerprint density at radius 2 is 1.66 bits per heavy atom. The minimum atomic E-state index is -0.873. The quantitative estimate of drug-likeness (QED) is 0.589. The number of imide groups is 2. The second kappa shape index (κ2) is 8.01. The summed E-state index contributed by atoms with van der Waals surface area (Å²) in [5, 5.41) is 12.1. The number of aromatic hydroxyl groups is 1. The fraction of sp³-hybridized carbons (Fsp3) is 0.150. The van der Waals surface area contributed by atoms with E-state index >= 15 is 0 Å². The van der Waals surface area contributed by atoms with Crippen LogP contribution in [0.5, 0.6) is 17.2 Å². The molecule has 150 valence electrons. The lowest BCUT2D eigenvalue weighted by molar-refractivity contribution is -0.130. The molecule has 1 saturated heterocycles. The minimum Gasteiger partial charge on any atom is -0.502 e. The molecular formula is C20H17FN2O6. The van der Waals surface area contributed by atoms with Crippen LogP contribution in [0.2, 0.25) is 0 Å². The summed E-state index contributed by atoms with van der Waals surface area (Å²) in [6, 6.07) is 7.23. The molecular weight excluding hydrogens is 383 g/mol. The first-order valence-corrected chi connectivity index (χ1v) is 8.42. The van der Waals surface area contributed by atoms with E-state index in [1.54, 1.807) is 0 Å². The lowest BCUT2D eigenvalue weighted by Gasteiger charge is -2.26. The Labute approximate surface area is 165 Å². The maximum atomic E-state index is 13.1. The highest BCUT2D eigenvalue weighted by Crippen LogP contribution is 2.37. The molecule has 29 heavy (non-hydrogen) atoms. The van der Waals surface area contributed by atoms with Crippen LogP contribution in [0.1, 0.15) is 11.1 Å². The molecule has 0 saturated carbocycles. The zero-order chi connectivity index (χ0) is 21.1. The van der Waals surface area contributed by atoms with Crippen molar-refractivity contribution in [2.24, 2.45) is 0 Å². The van der Waals surface area contributed by atoms with Crippen molar-refractivity contribution in [3.8, 4) is 17.2 Å². The van der Waals surface area contributed by atoms with Crippen LogP contribution in [-0.2, 0) is 16.1 Å². The number of benzene rings is 2. The van der Waals surface area contributed by atoms with Gasteiger partial charge in [0, 0.05) is 0 Å². The largest absolute Gasteiger partial charge is 0.502 e. The van der Waals surface area contributed by atoms with Gasteiger partial charge in [-0.15, -0.1) is 0 Å². The Balaban J connectivity index is 1.96. The molecule has 9 heteroatoms. The monoisotopic (exact) mass is 400 g/mol. The summed E-state index contributed by atoms with van der Waals surface area (Å²) in [4.78, 5) is 38.0. The van der Waals surface area contributed by atoms with Crippen LogP contribution in [0.3, 0.4) is 0 Å². The maximum absolute atomic E-state index is 13.1. The van der Waals surface area contributed by atoms with Crippen LogP contribution in [0.4, 0.5) is 9.18 Å². The summed E-state index contributed by atoms with van der Waals surface area (Å²) in [5.41, 5.74) is 0.559. The van der Waals surface area contributed by atoms with E-state index in [0.717, 1.165) is 4.90 Å². The van der Waals surface area contributed by atoms with Gasteiger partial charge in [0.1, 0.15) is 11.4 Å². The van der Waals surface area contributed by atoms with Crippen molar-refractivity contribution in [1.82, 2.24) is 10.2 Å². The van der Waals surface area contributed by atoms with E-state index in [4.69, 9.17) is 9.47 Å². The van der Waals surface area contributed by atoms with Crippen LogP contribution >= 0.6 is 0 Å². The number of ether oxygens (including phenoxy) is 2. The summed E-state index contributed by atoms with van der Waals surface area (Å²) in [5.74, 6) is -2.19. The number of halogens is 1. The molecule has 0 spiro atoms. The molecule has 0 unspecified atom stereocenters. The molecule has 1 aliphatic rings. The summed E-state index contributed by atoms with van der Waals surface area (Å²) >= 11 is 0. The molecule has 2 aromatic carbocycles. The van der Waals surface area contributed by atoms with Gasteiger partial charge in [0.05, 0.1) is 20.8 Å². The molecule has 1 fully saturated rings. The number of nitrogens with one attached hydrogen (secondary N) is 1. The highest BCUT2D eigenvalue weighted by Gasteiger charge is 2.35. The Bertz CT molecular complexity index is 991. The number of carbonyl (C=O) groups is 3. The second-order valence-corrected chi connectivity index (χ2v) is 6.11. The summed E-state index contributed by atoms with van der Waals surface area (Å²) < 4.78 is 23.2. The first-order valence-electron chi connectivity index (χ1n) is 8.42. The van der Waals surface area contributed by atoms with E-state index in [-0.39, 0.29) is 29.4 Å². The van der Waals surface area contributed by atoms with E-state index in [1.807, 2.05) is 0 Å². The molecule has 0 atom stereocenters. The summed E-state index contributed by atoms with van der Waals surface area (Å²) in [6.07, 6.45) is 1.26. The van der Waals surface area contributed by atoms with E-state index in [9.17, 15) is 23.9 Å². The molecule has 3 rings (SSSR count). The molecule has 0 aliphatic carbocycles. The molecule has 0 bridgehead atoms. The number of phenolic OH excluding ortho intramolecular Hbond substituents is 1. The van der Waals surface area contributed by atoms with Crippen molar-refractivity contribution >= 4 is 23.9 Å². The number of carbonyl (C=O) groups excluding carboxylic acids is 3. The van der Waals surface area contributed by atoms with Crippen LogP contribution < -0.4 is 14.8 Å². The van der Waals surface area contributed by atoms with E-state index in [0.29, 0.717) is 11.1 Å². The minimum absolute atomic E-state index is 0.0825. The highest BCUT2D eigenvalue weighted by molar-refractivity contribution is 6.31. The first-order chi connectivity index (χ1) is 13.8. The fourth-order valence-electron chi connectivity index (χ4n) is 2.77. The average Bonchev–Trinajstić information content (AvgIpc) is 2.70. The van der Waals surface area contributed by atoms with Crippen LogP contribution in [0.25, 0.3) is 6.08 Å². The second-order valence-electron chi connectivity index (χ2n) is 6.11. The molecule has 0 radical (unpaired) electrons. The Morgan fingerprint density at radius 1 is 1.07 bits per heavy atom. The van der Waals surface area contributed by atoms with Gasteiger partial charge in [0.25, 0.3) is 11.8 Å². The average molecular weight is 400 g/mol. The SMILES string of the molecule is COc1cc(/C=C2\C(=O)NC(=O)N(Cc3ccc(F)cc3)C2=O)cc(OC)c1O. The summed E-state index contributed by atoms with van der Waals surface area (Å²) in [7, 11) is 2.68. The number of amides is 4. The Hall–Kier alpha value is -3.88. The van der Waals surface area contributed by atoms with Gasteiger partial charge < -0.3 is 14.6 Å². The smallest absolute Gasteiger partial charge is 0.331 e. The molecule has 8 nitrogen and oxygen atoms in total. The molecule has 1 aliphatic heterocycles. The van der Waals surface area contributed by atoms with Crippen molar-refractivity contribution in [3.05, 3.63) is 58.9 Å². The van der Waals surface area contributed by atoms with Gasteiger partial charge in [-0.2, -0.15) is 0 Å². The van der Waals surface area contributed by atoms with Crippen molar-refractivity contribution < 1.29 is 33.4 Å². The normalized spacial score (nSPS) is 15.5. The molecule has 1 heterocycles. The zero-order valence-corrected chi connectivity index (χ0v) is 15.6. The van der Waals surface area contributed by atoms with Gasteiger partial charge in [0.15, 0.2) is 11.5 Å². The van der Waals surface area contributed by atoms with E-state index in [1.165, 1.54) is 56.7 Å². The number of hydrogen-bond donors (Lipinski definition) is 2. The number of phenols is 1. The van der Waals surface area contributed by atoms with Crippen molar-refractivity contribution in [2.45, 2.75) is 6.54 Å². The molecule has 0 aromatic heterocycles. The predicted octanol–water partition coefficient (Wildman–Crippen LogP) is 2.21. The Kier molecular flexibility index (Phi) is 5.49. The van der Waals surface area contributed by atoms with Gasteiger partial charge in [-0.25, -0.2) is 9.18 Å². The van der Waals surface area contributed by atoms with Crippen LogP contribution in [-0.4, -0.2) is 42.1 Å². The third-order valence-electron chi connectivity index (χ3n) is 4.25. The third kappa shape index (κ3) is 4.03. The number of barbiturate groups is 1. The van der Waals surface area contributed by atoms with Crippen molar-refractivity contribution in [1.29, 1.82) is 0 Å². The predicted molar refractivity (Wildman–Crippen MR) is 99.7 cm³/mol. The number of urea groups is 1. The topological polar surface area (TPSA) is 105 Å². The van der Waals surface area contributed by atoms with E-state index < -0.39 is 23.7 Å². The van der Waals surface area contributed by atoms with Gasteiger partial charge >= 0.3 is 6.03 Å². The lowest BCUT2D eigenvalue weighted by Crippen LogP contribution is -2.53. The molecule has 2 N–H and O–H groups in total. The van der Waals surface area contributed by atoms with Crippen LogP contribution in [0.15, 0.2) is 42.0 Å². The van der Waals surface area contributed by atoms with Crippen molar-refractivity contribution in [3.63, 3.8) is 0 Å². The summed E-state index contributed by atoms with van der Waals surface area (Å²) in [6.45, 7) is -0.141. The van der Waals surface area contributed by atoms with E-state index in [2.05, 4.69) is 5.32 Å². The van der Waals surface area contributed by atoms with Crippen molar-refractivity contribution in [2.75, 3.05) is 14.2 Å². The van der Waals surface area contributed by atoms with Crippen LogP contribution in [0, 0.1) is 5.82 Å². The van der Waals surface area contributed by atoms with Gasteiger partial charge in [-0.1, -0.05) is 12.1 Å². The standard InChI is InChI=1S/C20H17FN2O6/c1-28-15-8-12(9-16(29-2)17(15)24)7-14-18(25)22-20(27)23(19(14)26)10-11-3-5-13(21)6-4-11/h3-9,24H,10H2,1-2H3,(H,22,25,27)/b14-7+. The number of rotatable bonds is 5. The number of nitrogens with zero attached hydrogens (tertiary/aromatic N) is 1.